The predicted molar refractivity (Wildman–Crippen MR) is 95.7 cm³/mol. The van der Waals surface area contributed by atoms with Crippen LogP contribution in [0.25, 0.3) is 11.0 Å². The molecule has 4 rings (SSSR count). The summed E-state index contributed by atoms with van der Waals surface area (Å²) in [4.78, 5) is 26.7. The number of nitrogens with one attached hydrogen (secondary N) is 1. The molecule has 0 spiro atoms. The highest BCUT2D eigenvalue weighted by Crippen LogP contribution is 2.30. The van der Waals surface area contributed by atoms with Crippen LogP contribution in [0.2, 0.25) is 0 Å². The normalized spacial score (nSPS) is 17.8. The molecule has 3 aromatic rings. The van der Waals surface area contributed by atoms with Crippen LogP contribution < -0.4 is 5.32 Å². The fraction of sp³-hybridized carbons (Fsp3) is 0.263. The molecular formula is C19H19N5O2. The molecule has 1 aliphatic heterocycles. The number of para-hydroxylation sites is 1. The summed E-state index contributed by atoms with van der Waals surface area (Å²) in [5, 5.41) is 11.0. The van der Waals surface area contributed by atoms with E-state index in [2.05, 4.69) is 15.6 Å². The Bertz CT molecular complexity index is 953. The van der Waals surface area contributed by atoms with E-state index < -0.39 is 6.04 Å². The number of benzene rings is 2. The molecule has 0 radical (unpaired) electrons. The van der Waals surface area contributed by atoms with Crippen molar-refractivity contribution in [2.45, 2.75) is 19.6 Å². The van der Waals surface area contributed by atoms with Crippen LogP contribution in [0, 0.1) is 5.92 Å². The van der Waals surface area contributed by atoms with Gasteiger partial charge in [0.05, 0.1) is 11.4 Å². The van der Waals surface area contributed by atoms with Crippen molar-refractivity contribution in [1.29, 1.82) is 0 Å². The van der Waals surface area contributed by atoms with E-state index in [0.29, 0.717) is 6.54 Å². The van der Waals surface area contributed by atoms with Crippen LogP contribution in [0.15, 0.2) is 54.6 Å². The number of carbonyl (C=O) groups is 2. The molecule has 0 saturated carbocycles. The van der Waals surface area contributed by atoms with E-state index in [9.17, 15) is 9.59 Å². The second-order valence-electron chi connectivity index (χ2n) is 6.48. The fourth-order valence-corrected chi connectivity index (χ4v) is 3.26. The van der Waals surface area contributed by atoms with Crippen LogP contribution in [-0.4, -0.2) is 38.3 Å². The van der Waals surface area contributed by atoms with Gasteiger partial charge in [-0.15, -0.1) is 5.10 Å². The highest BCUT2D eigenvalue weighted by Gasteiger charge is 2.41. The monoisotopic (exact) mass is 349 g/mol. The van der Waals surface area contributed by atoms with Crippen molar-refractivity contribution in [2.75, 3.05) is 6.54 Å². The summed E-state index contributed by atoms with van der Waals surface area (Å²) >= 11 is 0. The van der Waals surface area contributed by atoms with Gasteiger partial charge in [0.1, 0.15) is 18.2 Å². The number of hydrogen-bond acceptors (Lipinski definition) is 4. The predicted octanol–water partition coefficient (Wildman–Crippen LogP) is 1.72. The summed E-state index contributed by atoms with van der Waals surface area (Å²) in [6, 6.07) is 16.3. The van der Waals surface area contributed by atoms with E-state index in [4.69, 9.17) is 0 Å². The molecule has 2 unspecified atom stereocenters. The quantitative estimate of drug-likeness (QED) is 0.712. The lowest BCUT2D eigenvalue weighted by Crippen LogP contribution is -2.56. The molecule has 2 heterocycles. The number of rotatable bonds is 5. The summed E-state index contributed by atoms with van der Waals surface area (Å²) in [6.07, 6.45) is 0. The van der Waals surface area contributed by atoms with Gasteiger partial charge in [0.25, 0.3) is 0 Å². The molecule has 0 bridgehead atoms. The molecule has 2 amide bonds. The minimum atomic E-state index is -0.630. The number of fused-ring (bicyclic) bond motifs is 1. The molecule has 2 atom stereocenters. The lowest BCUT2D eigenvalue weighted by atomic mass is 9.94. The SMILES string of the molecule is CC1CN(C(C(=O)NCn2nnc3ccccc32)c2ccccc2)C1=O. The molecule has 132 valence electrons. The largest absolute Gasteiger partial charge is 0.335 e. The lowest BCUT2D eigenvalue weighted by molar-refractivity contribution is -0.155. The zero-order valence-corrected chi connectivity index (χ0v) is 14.4. The van der Waals surface area contributed by atoms with Crippen molar-refractivity contribution in [3.63, 3.8) is 0 Å². The molecular weight excluding hydrogens is 330 g/mol. The Morgan fingerprint density at radius 1 is 1.19 bits per heavy atom. The van der Waals surface area contributed by atoms with Crippen LogP contribution in [0.3, 0.4) is 0 Å². The van der Waals surface area contributed by atoms with Crippen LogP contribution >= 0.6 is 0 Å². The molecule has 0 aliphatic carbocycles. The summed E-state index contributed by atoms with van der Waals surface area (Å²) in [7, 11) is 0. The minimum Gasteiger partial charge on any atom is -0.335 e. The van der Waals surface area contributed by atoms with Gasteiger partial charge in [-0.25, -0.2) is 4.68 Å². The molecule has 1 fully saturated rings. The number of amides is 2. The Kier molecular flexibility index (Phi) is 4.12. The van der Waals surface area contributed by atoms with Crippen molar-refractivity contribution in [1.82, 2.24) is 25.2 Å². The number of hydrogen-bond donors (Lipinski definition) is 1. The van der Waals surface area contributed by atoms with Gasteiger partial charge >= 0.3 is 0 Å². The van der Waals surface area contributed by atoms with Crippen molar-refractivity contribution < 1.29 is 9.59 Å². The number of β-lactam (4-membered cyclic amide) rings is 1. The van der Waals surface area contributed by atoms with Crippen LogP contribution in [0.5, 0.6) is 0 Å². The van der Waals surface area contributed by atoms with Crippen LogP contribution in [-0.2, 0) is 16.3 Å². The molecule has 7 nitrogen and oxygen atoms in total. The third-order valence-corrected chi connectivity index (χ3v) is 4.67. The van der Waals surface area contributed by atoms with Gasteiger partial charge in [-0.05, 0) is 17.7 Å². The Morgan fingerprint density at radius 3 is 2.65 bits per heavy atom. The van der Waals surface area contributed by atoms with Gasteiger partial charge in [-0.3, -0.25) is 9.59 Å². The number of carbonyl (C=O) groups excluding carboxylic acids is 2. The first-order valence-electron chi connectivity index (χ1n) is 8.56. The van der Waals surface area contributed by atoms with Gasteiger partial charge in [-0.2, -0.15) is 0 Å². The maximum absolute atomic E-state index is 12.9. The molecule has 2 aromatic carbocycles. The van der Waals surface area contributed by atoms with Crippen molar-refractivity contribution in [2.24, 2.45) is 5.92 Å². The third-order valence-electron chi connectivity index (χ3n) is 4.67. The van der Waals surface area contributed by atoms with E-state index in [-0.39, 0.29) is 24.4 Å². The number of nitrogens with zero attached hydrogens (tertiary/aromatic N) is 4. The number of likely N-dealkylation sites (tertiary alicyclic amines) is 1. The Hall–Kier alpha value is -3.22. The second-order valence-corrected chi connectivity index (χ2v) is 6.48. The summed E-state index contributed by atoms with van der Waals surface area (Å²) < 4.78 is 1.63. The van der Waals surface area contributed by atoms with Gasteiger partial charge in [-0.1, -0.05) is 54.6 Å². The standard InChI is InChI=1S/C19H19N5O2/c1-13-11-23(19(13)26)17(14-7-3-2-4-8-14)18(25)20-12-24-16-10-6-5-9-15(16)21-22-24/h2-10,13,17H,11-12H2,1H3,(H,20,25). The van der Waals surface area contributed by atoms with E-state index in [1.165, 1.54) is 0 Å². The van der Waals surface area contributed by atoms with E-state index >= 15 is 0 Å². The minimum absolute atomic E-state index is 0.000193. The topological polar surface area (TPSA) is 80.1 Å². The van der Waals surface area contributed by atoms with E-state index in [1.54, 1.807) is 9.58 Å². The first-order chi connectivity index (χ1) is 12.6. The smallest absolute Gasteiger partial charge is 0.248 e. The first-order valence-corrected chi connectivity index (χ1v) is 8.56. The first kappa shape index (κ1) is 16.3. The third kappa shape index (κ3) is 2.81. The molecule has 1 saturated heterocycles. The molecule has 1 aromatic heterocycles. The molecule has 1 N–H and O–H groups in total. The van der Waals surface area contributed by atoms with Gasteiger partial charge in [0.15, 0.2) is 0 Å². The number of aromatic nitrogens is 3. The molecule has 26 heavy (non-hydrogen) atoms. The van der Waals surface area contributed by atoms with Crippen LogP contribution in [0.1, 0.15) is 18.5 Å². The fourth-order valence-electron chi connectivity index (χ4n) is 3.26. The Balaban J connectivity index is 1.54. The Labute approximate surface area is 150 Å². The Morgan fingerprint density at radius 2 is 1.92 bits per heavy atom. The average Bonchev–Trinajstić information content (AvgIpc) is 3.10. The second kappa shape index (κ2) is 6.59. The maximum Gasteiger partial charge on any atom is 0.248 e. The van der Waals surface area contributed by atoms with Gasteiger partial charge in [0, 0.05) is 6.54 Å². The zero-order valence-electron chi connectivity index (χ0n) is 14.4. The maximum atomic E-state index is 12.9. The molecule has 1 aliphatic rings. The van der Waals surface area contributed by atoms with Crippen molar-refractivity contribution in [3.8, 4) is 0 Å². The van der Waals surface area contributed by atoms with Gasteiger partial charge < -0.3 is 10.2 Å². The summed E-state index contributed by atoms with van der Waals surface area (Å²) in [5.41, 5.74) is 2.42. The average molecular weight is 349 g/mol. The van der Waals surface area contributed by atoms with E-state index in [0.717, 1.165) is 16.6 Å². The molecule has 7 heteroatoms. The zero-order chi connectivity index (χ0) is 18.1. The van der Waals surface area contributed by atoms with E-state index in [1.807, 2.05) is 61.5 Å². The highest BCUT2D eigenvalue weighted by atomic mass is 16.2. The highest BCUT2D eigenvalue weighted by molar-refractivity contribution is 5.92. The summed E-state index contributed by atoms with van der Waals surface area (Å²) in [5.74, 6) is -0.260. The van der Waals surface area contributed by atoms with Crippen molar-refractivity contribution >= 4 is 22.8 Å². The van der Waals surface area contributed by atoms with Crippen LogP contribution in [0.4, 0.5) is 0 Å². The van der Waals surface area contributed by atoms with Crippen molar-refractivity contribution in [3.05, 3.63) is 60.2 Å². The summed E-state index contributed by atoms with van der Waals surface area (Å²) in [6.45, 7) is 2.65. The lowest BCUT2D eigenvalue weighted by Gasteiger charge is -2.41. The van der Waals surface area contributed by atoms with Gasteiger partial charge in [0.2, 0.25) is 11.8 Å².